The van der Waals surface area contributed by atoms with Gasteiger partial charge in [0.1, 0.15) is 0 Å². The Morgan fingerprint density at radius 2 is 1.72 bits per heavy atom. The number of hydrazone groups is 1. The summed E-state index contributed by atoms with van der Waals surface area (Å²) >= 11 is 6.11. The molecule has 1 aromatic heterocycles. The van der Waals surface area contributed by atoms with Gasteiger partial charge in [-0.15, -0.1) is 5.10 Å². The second-order valence-corrected chi connectivity index (χ2v) is 9.15. The first-order valence-electron chi connectivity index (χ1n) is 11.6. The molecule has 8 nitrogen and oxygen atoms in total. The number of nitrogens with two attached hydrogens (primary N) is 1. The molecule has 0 saturated carbocycles. The lowest BCUT2D eigenvalue weighted by atomic mass is 9.91. The summed E-state index contributed by atoms with van der Waals surface area (Å²) in [6, 6.07) is 24.8. The molecule has 2 heterocycles. The average Bonchev–Trinajstić information content (AvgIpc) is 3.45. The smallest absolute Gasteiger partial charge is 0.347 e. The summed E-state index contributed by atoms with van der Waals surface area (Å²) in [6.45, 7) is 0.952. The molecule has 0 aliphatic carbocycles. The molecule has 182 valence electrons. The lowest BCUT2D eigenvalue weighted by Crippen LogP contribution is -2.25. The van der Waals surface area contributed by atoms with Gasteiger partial charge in [0.25, 0.3) is 0 Å². The van der Waals surface area contributed by atoms with Crippen molar-refractivity contribution in [3.05, 3.63) is 117 Å². The second-order valence-electron chi connectivity index (χ2n) is 8.71. The zero-order valence-electron chi connectivity index (χ0n) is 19.7. The number of halogens is 1. The SMILES string of the molecule is Cn1c(N2C[C@H](c3ccccc3)C(c3ccc(Cl)cc3)=N2)nn(CCc2ccc(C(N)=O)cc2)c1=O. The van der Waals surface area contributed by atoms with Crippen molar-refractivity contribution in [2.75, 3.05) is 11.6 Å². The summed E-state index contributed by atoms with van der Waals surface area (Å²) in [6.07, 6.45) is 0.585. The van der Waals surface area contributed by atoms with Crippen molar-refractivity contribution in [2.45, 2.75) is 18.9 Å². The van der Waals surface area contributed by atoms with E-state index in [4.69, 9.17) is 22.4 Å². The Bertz CT molecular complexity index is 1470. The zero-order valence-corrected chi connectivity index (χ0v) is 20.5. The third kappa shape index (κ3) is 4.67. The van der Waals surface area contributed by atoms with Crippen molar-refractivity contribution in [1.82, 2.24) is 14.3 Å². The molecule has 1 amide bonds. The first-order chi connectivity index (χ1) is 17.4. The number of hydrogen-bond donors (Lipinski definition) is 1. The van der Waals surface area contributed by atoms with Crippen molar-refractivity contribution >= 4 is 29.2 Å². The van der Waals surface area contributed by atoms with E-state index in [1.54, 1.807) is 24.2 Å². The minimum Gasteiger partial charge on any atom is -0.366 e. The predicted octanol–water partition coefficient (Wildman–Crippen LogP) is 3.58. The van der Waals surface area contributed by atoms with Gasteiger partial charge in [0.15, 0.2) is 0 Å². The highest BCUT2D eigenvalue weighted by atomic mass is 35.5. The number of anilines is 1. The largest absolute Gasteiger partial charge is 0.366 e. The summed E-state index contributed by atoms with van der Waals surface area (Å²) in [5, 5.41) is 12.0. The molecule has 2 N–H and O–H groups in total. The third-order valence-corrected chi connectivity index (χ3v) is 6.61. The highest BCUT2D eigenvalue weighted by Crippen LogP contribution is 2.31. The fourth-order valence-electron chi connectivity index (χ4n) is 4.37. The minimum atomic E-state index is -0.468. The van der Waals surface area contributed by atoms with Crippen LogP contribution in [0.2, 0.25) is 5.02 Å². The first-order valence-corrected chi connectivity index (χ1v) is 12.0. The molecule has 0 radical (unpaired) electrons. The van der Waals surface area contributed by atoms with E-state index < -0.39 is 5.91 Å². The molecule has 4 aromatic rings. The van der Waals surface area contributed by atoms with E-state index in [1.165, 1.54) is 9.25 Å². The Hall–Kier alpha value is -4.17. The minimum absolute atomic E-state index is 0.0106. The van der Waals surface area contributed by atoms with Gasteiger partial charge in [-0.05, 0) is 47.4 Å². The number of amides is 1. The number of carbonyl (C=O) groups excluding carboxylic acids is 1. The molecule has 0 saturated heterocycles. The second kappa shape index (κ2) is 9.83. The van der Waals surface area contributed by atoms with Crippen molar-refractivity contribution in [1.29, 1.82) is 0 Å². The molecule has 0 unspecified atom stereocenters. The normalized spacial score (nSPS) is 15.2. The predicted molar refractivity (Wildman–Crippen MR) is 141 cm³/mol. The van der Waals surface area contributed by atoms with Crippen LogP contribution in [0.5, 0.6) is 0 Å². The summed E-state index contributed by atoms with van der Waals surface area (Å²) in [4.78, 5) is 24.3. The van der Waals surface area contributed by atoms with E-state index >= 15 is 0 Å². The van der Waals surface area contributed by atoms with Gasteiger partial charge in [0.05, 0.1) is 18.8 Å². The molecule has 1 atom stereocenters. The van der Waals surface area contributed by atoms with Crippen molar-refractivity contribution in [2.24, 2.45) is 17.9 Å². The van der Waals surface area contributed by atoms with Crippen molar-refractivity contribution < 1.29 is 4.79 Å². The van der Waals surface area contributed by atoms with Crippen LogP contribution in [0.1, 0.15) is 33.0 Å². The molecule has 5 rings (SSSR count). The Morgan fingerprint density at radius 3 is 2.39 bits per heavy atom. The van der Waals surface area contributed by atoms with Gasteiger partial charge in [-0.3, -0.25) is 9.36 Å². The van der Waals surface area contributed by atoms with Gasteiger partial charge in [-0.25, -0.2) is 14.5 Å². The standard InChI is InChI=1S/C27H25ClN6O2/c1-32-26(31-33(27(32)36)16-15-18-7-9-21(10-8-18)25(29)35)34-17-23(19-5-3-2-4-6-19)24(30-34)20-11-13-22(28)14-12-20/h2-14,23H,15-17H2,1H3,(H2,29,35)/t23-/m1/s1. The highest BCUT2D eigenvalue weighted by molar-refractivity contribution is 6.30. The quantitative estimate of drug-likeness (QED) is 0.419. The van der Waals surface area contributed by atoms with Crippen LogP contribution in [0, 0.1) is 0 Å². The van der Waals surface area contributed by atoms with Crippen LogP contribution >= 0.6 is 11.6 Å². The number of aryl methyl sites for hydroxylation is 2. The zero-order chi connectivity index (χ0) is 25.2. The first kappa shape index (κ1) is 23.6. The van der Waals surface area contributed by atoms with E-state index in [0.717, 1.165) is 22.4 Å². The Labute approximate surface area is 213 Å². The molecule has 1 aliphatic heterocycles. The summed E-state index contributed by atoms with van der Waals surface area (Å²) in [5.74, 6) is 0.0236. The molecule has 0 fully saturated rings. The molecular weight excluding hydrogens is 476 g/mol. The molecule has 36 heavy (non-hydrogen) atoms. The fourth-order valence-corrected chi connectivity index (χ4v) is 4.50. The summed E-state index contributed by atoms with van der Waals surface area (Å²) < 4.78 is 2.97. The number of carbonyl (C=O) groups is 1. The van der Waals surface area contributed by atoms with Gasteiger partial charge in [-0.2, -0.15) is 5.10 Å². The Kier molecular flexibility index (Phi) is 6.43. The molecule has 0 bridgehead atoms. The number of aromatic nitrogens is 3. The highest BCUT2D eigenvalue weighted by Gasteiger charge is 2.32. The topological polar surface area (TPSA) is 98.5 Å². The fraction of sp³-hybridized carbons (Fsp3) is 0.185. The van der Waals surface area contributed by atoms with Crippen molar-refractivity contribution in [3.8, 4) is 0 Å². The average molecular weight is 501 g/mol. The van der Waals surface area contributed by atoms with Crippen LogP contribution in [0.15, 0.2) is 88.8 Å². The van der Waals surface area contributed by atoms with E-state index in [2.05, 4.69) is 17.2 Å². The van der Waals surface area contributed by atoms with E-state index in [9.17, 15) is 9.59 Å². The number of benzene rings is 3. The molecule has 9 heteroatoms. The van der Waals surface area contributed by atoms with Gasteiger partial charge in [0, 0.05) is 23.6 Å². The number of rotatable bonds is 7. The van der Waals surface area contributed by atoms with E-state index in [-0.39, 0.29) is 11.6 Å². The molecule has 0 spiro atoms. The lowest BCUT2D eigenvalue weighted by Gasteiger charge is -2.15. The number of hydrogen-bond acceptors (Lipinski definition) is 5. The maximum absolute atomic E-state index is 13.0. The van der Waals surface area contributed by atoms with Crippen LogP contribution in [-0.4, -0.2) is 32.5 Å². The lowest BCUT2D eigenvalue weighted by molar-refractivity contribution is 0.100. The van der Waals surface area contributed by atoms with E-state index in [1.807, 2.05) is 54.6 Å². The molecule has 3 aromatic carbocycles. The van der Waals surface area contributed by atoms with Gasteiger partial charge in [0.2, 0.25) is 11.9 Å². The van der Waals surface area contributed by atoms with Gasteiger partial charge >= 0.3 is 5.69 Å². The van der Waals surface area contributed by atoms with Crippen molar-refractivity contribution in [3.63, 3.8) is 0 Å². The Morgan fingerprint density at radius 1 is 1.03 bits per heavy atom. The third-order valence-electron chi connectivity index (χ3n) is 6.36. The number of nitrogens with zero attached hydrogens (tertiary/aromatic N) is 5. The summed E-state index contributed by atoms with van der Waals surface area (Å²) in [7, 11) is 1.70. The maximum atomic E-state index is 13.0. The van der Waals surface area contributed by atoms with Crippen LogP contribution < -0.4 is 16.4 Å². The van der Waals surface area contributed by atoms with E-state index in [0.29, 0.717) is 36.0 Å². The van der Waals surface area contributed by atoms with Crippen LogP contribution in [-0.2, 0) is 20.0 Å². The molecule has 1 aliphatic rings. The maximum Gasteiger partial charge on any atom is 0.347 e. The summed E-state index contributed by atoms with van der Waals surface area (Å²) in [5.41, 5.74) is 9.53. The Balaban J connectivity index is 1.42. The van der Waals surface area contributed by atoms with Crippen LogP contribution in [0.4, 0.5) is 5.95 Å². The molecular formula is C27H25ClN6O2. The monoisotopic (exact) mass is 500 g/mol. The number of primary amides is 1. The van der Waals surface area contributed by atoms with Gasteiger partial charge < -0.3 is 5.73 Å². The van der Waals surface area contributed by atoms with Gasteiger partial charge in [-0.1, -0.05) is 66.2 Å². The van der Waals surface area contributed by atoms with Crippen LogP contribution in [0.3, 0.4) is 0 Å². The van der Waals surface area contributed by atoms with Crippen LogP contribution in [0.25, 0.3) is 0 Å².